The van der Waals surface area contributed by atoms with Crippen molar-refractivity contribution in [1.29, 1.82) is 0 Å². The Kier molecular flexibility index (Phi) is 3.97. The highest BCUT2D eigenvalue weighted by atomic mass is 16.5. The minimum Gasteiger partial charge on any atom is -0.504 e. The first-order chi connectivity index (χ1) is 12.1. The summed E-state index contributed by atoms with van der Waals surface area (Å²) >= 11 is 0. The molecule has 1 saturated heterocycles. The molecule has 1 aliphatic heterocycles. The lowest BCUT2D eigenvalue weighted by Crippen LogP contribution is -2.19. The first-order valence-corrected chi connectivity index (χ1v) is 8.48. The maximum absolute atomic E-state index is 9.85. The van der Waals surface area contributed by atoms with Gasteiger partial charge in [0.05, 0.1) is 6.10 Å². The van der Waals surface area contributed by atoms with Crippen molar-refractivity contribution in [2.24, 2.45) is 0 Å². The lowest BCUT2D eigenvalue weighted by Gasteiger charge is -2.13. The predicted molar refractivity (Wildman–Crippen MR) is 96.2 cm³/mol. The zero-order valence-electron chi connectivity index (χ0n) is 14.1. The van der Waals surface area contributed by atoms with Crippen molar-refractivity contribution < 1.29 is 14.9 Å². The third-order valence-electron chi connectivity index (χ3n) is 4.54. The molecule has 25 heavy (non-hydrogen) atoms. The number of nitrogens with zero attached hydrogens (tertiary/aromatic N) is 2. The minimum absolute atomic E-state index is 0.141. The van der Waals surface area contributed by atoms with Crippen LogP contribution in [0, 0.1) is 6.92 Å². The van der Waals surface area contributed by atoms with E-state index in [0.29, 0.717) is 6.54 Å². The van der Waals surface area contributed by atoms with Crippen LogP contribution in [-0.4, -0.2) is 38.9 Å². The average Bonchev–Trinajstić information content (AvgIpc) is 3.23. The van der Waals surface area contributed by atoms with Gasteiger partial charge in [-0.1, -0.05) is 6.07 Å². The fourth-order valence-corrected chi connectivity index (χ4v) is 3.21. The van der Waals surface area contributed by atoms with E-state index in [2.05, 4.69) is 5.32 Å². The predicted octanol–water partition coefficient (Wildman–Crippen LogP) is 3.31. The highest BCUT2D eigenvalue weighted by molar-refractivity contribution is 5.78. The molecule has 1 unspecified atom stereocenters. The quantitative estimate of drug-likeness (QED) is 0.636. The molecular formula is C19H21N3O3. The Bertz CT molecular complexity index is 914. The SMILES string of the molecule is Cc1ccc2nc(-c3ccc(O)c(O)c3)c(NCC3CCCO3)n2c1. The number of rotatable bonds is 4. The Morgan fingerprint density at radius 1 is 1.24 bits per heavy atom. The van der Waals surface area contributed by atoms with Gasteiger partial charge in [-0.25, -0.2) is 4.98 Å². The highest BCUT2D eigenvalue weighted by Crippen LogP contribution is 2.34. The summed E-state index contributed by atoms with van der Waals surface area (Å²) in [7, 11) is 0. The molecule has 0 bridgehead atoms. The Labute approximate surface area is 145 Å². The van der Waals surface area contributed by atoms with Gasteiger partial charge in [0.2, 0.25) is 0 Å². The second-order valence-corrected chi connectivity index (χ2v) is 6.46. The smallest absolute Gasteiger partial charge is 0.158 e. The molecule has 3 N–H and O–H groups in total. The number of aromatic hydroxyl groups is 2. The fraction of sp³-hybridized carbons (Fsp3) is 0.316. The zero-order valence-corrected chi connectivity index (χ0v) is 14.1. The molecule has 1 fully saturated rings. The van der Waals surface area contributed by atoms with E-state index in [1.807, 2.05) is 29.7 Å². The van der Waals surface area contributed by atoms with Gasteiger partial charge in [0, 0.05) is 24.9 Å². The summed E-state index contributed by atoms with van der Waals surface area (Å²) in [6, 6.07) is 8.74. The van der Waals surface area contributed by atoms with Crippen LogP contribution in [0.1, 0.15) is 18.4 Å². The van der Waals surface area contributed by atoms with Crippen molar-refractivity contribution in [2.75, 3.05) is 18.5 Å². The lowest BCUT2D eigenvalue weighted by molar-refractivity contribution is 0.120. The number of aromatic nitrogens is 2. The Morgan fingerprint density at radius 2 is 2.12 bits per heavy atom. The molecule has 2 aromatic heterocycles. The number of aryl methyl sites for hydroxylation is 1. The van der Waals surface area contributed by atoms with Crippen LogP contribution in [0.2, 0.25) is 0 Å². The van der Waals surface area contributed by atoms with Crippen molar-refractivity contribution >= 4 is 11.5 Å². The van der Waals surface area contributed by atoms with E-state index in [0.717, 1.165) is 47.7 Å². The third-order valence-corrected chi connectivity index (χ3v) is 4.54. The number of phenolic OH excluding ortho intramolecular Hbond substituents is 2. The molecule has 0 saturated carbocycles. The van der Waals surface area contributed by atoms with Gasteiger partial charge in [-0.3, -0.25) is 4.40 Å². The summed E-state index contributed by atoms with van der Waals surface area (Å²) in [5.74, 6) is 0.562. The molecule has 0 aliphatic carbocycles. The van der Waals surface area contributed by atoms with E-state index in [1.54, 1.807) is 6.07 Å². The number of nitrogens with one attached hydrogen (secondary N) is 1. The third kappa shape index (κ3) is 3.00. The molecule has 0 radical (unpaired) electrons. The number of hydrogen-bond acceptors (Lipinski definition) is 5. The Morgan fingerprint density at radius 3 is 2.88 bits per heavy atom. The molecule has 0 amide bonds. The molecule has 3 heterocycles. The Hall–Kier alpha value is -2.73. The number of benzene rings is 1. The molecule has 4 rings (SSSR count). The fourth-order valence-electron chi connectivity index (χ4n) is 3.21. The van der Waals surface area contributed by atoms with Crippen molar-refractivity contribution in [3.05, 3.63) is 42.1 Å². The number of fused-ring (bicyclic) bond motifs is 1. The van der Waals surface area contributed by atoms with Crippen LogP contribution < -0.4 is 5.32 Å². The number of pyridine rings is 1. The van der Waals surface area contributed by atoms with E-state index in [4.69, 9.17) is 9.72 Å². The van der Waals surface area contributed by atoms with Crippen LogP contribution >= 0.6 is 0 Å². The summed E-state index contributed by atoms with van der Waals surface area (Å²) in [4.78, 5) is 4.71. The highest BCUT2D eigenvalue weighted by Gasteiger charge is 2.19. The number of hydrogen-bond donors (Lipinski definition) is 3. The number of ether oxygens (including phenoxy) is 1. The molecule has 1 aliphatic rings. The lowest BCUT2D eigenvalue weighted by atomic mass is 10.1. The van der Waals surface area contributed by atoms with E-state index < -0.39 is 0 Å². The summed E-state index contributed by atoms with van der Waals surface area (Å²) < 4.78 is 7.72. The molecule has 1 atom stereocenters. The topological polar surface area (TPSA) is 79.0 Å². The maximum atomic E-state index is 9.85. The standard InChI is InChI=1S/C19H21N3O3/c1-12-4-7-17-21-18(13-5-6-15(23)16(24)9-13)19(22(17)11-12)20-10-14-3-2-8-25-14/h4-7,9,11,14,20,23-24H,2-3,8,10H2,1H3. The number of imidazole rings is 1. The molecule has 0 spiro atoms. The van der Waals surface area contributed by atoms with E-state index in [1.165, 1.54) is 12.1 Å². The summed E-state index contributed by atoms with van der Waals surface area (Å²) in [6.45, 7) is 3.56. The second kappa shape index (κ2) is 6.29. The summed E-state index contributed by atoms with van der Waals surface area (Å²) in [6.07, 6.45) is 4.38. The van der Waals surface area contributed by atoms with Crippen LogP contribution in [0.25, 0.3) is 16.9 Å². The van der Waals surface area contributed by atoms with Crippen LogP contribution in [0.3, 0.4) is 0 Å². The van der Waals surface area contributed by atoms with Crippen LogP contribution in [0.15, 0.2) is 36.5 Å². The molecular weight excluding hydrogens is 318 g/mol. The largest absolute Gasteiger partial charge is 0.504 e. The summed E-state index contributed by atoms with van der Waals surface area (Å²) in [5.41, 5.74) is 3.43. The van der Waals surface area contributed by atoms with Gasteiger partial charge >= 0.3 is 0 Å². The van der Waals surface area contributed by atoms with Gasteiger partial charge < -0.3 is 20.3 Å². The van der Waals surface area contributed by atoms with Gasteiger partial charge in [0.15, 0.2) is 11.5 Å². The van der Waals surface area contributed by atoms with Gasteiger partial charge in [-0.15, -0.1) is 0 Å². The Balaban J connectivity index is 1.78. The van der Waals surface area contributed by atoms with Crippen molar-refractivity contribution in [3.63, 3.8) is 0 Å². The van der Waals surface area contributed by atoms with Crippen molar-refractivity contribution in [2.45, 2.75) is 25.9 Å². The van der Waals surface area contributed by atoms with Crippen LogP contribution in [-0.2, 0) is 4.74 Å². The van der Waals surface area contributed by atoms with E-state index in [9.17, 15) is 10.2 Å². The number of anilines is 1. The van der Waals surface area contributed by atoms with Gasteiger partial charge in [0.25, 0.3) is 0 Å². The molecule has 3 aromatic rings. The monoisotopic (exact) mass is 339 g/mol. The van der Waals surface area contributed by atoms with Crippen molar-refractivity contribution in [1.82, 2.24) is 9.38 Å². The second-order valence-electron chi connectivity index (χ2n) is 6.46. The van der Waals surface area contributed by atoms with Gasteiger partial charge in [0.1, 0.15) is 17.2 Å². The van der Waals surface area contributed by atoms with Crippen LogP contribution in [0.5, 0.6) is 11.5 Å². The maximum Gasteiger partial charge on any atom is 0.158 e. The number of phenols is 2. The average molecular weight is 339 g/mol. The van der Waals surface area contributed by atoms with E-state index in [-0.39, 0.29) is 17.6 Å². The molecule has 130 valence electrons. The first kappa shape index (κ1) is 15.8. The molecule has 6 nitrogen and oxygen atoms in total. The molecule has 6 heteroatoms. The summed E-state index contributed by atoms with van der Waals surface area (Å²) in [5, 5.41) is 22.9. The minimum atomic E-state index is -0.157. The zero-order chi connectivity index (χ0) is 17.4. The molecule has 1 aromatic carbocycles. The van der Waals surface area contributed by atoms with E-state index >= 15 is 0 Å². The van der Waals surface area contributed by atoms with Crippen LogP contribution in [0.4, 0.5) is 5.82 Å². The first-order valence-electron chi connectivity index (χ1n) is 8.48. The van der Waals surface area contributed by atoms with Gasteiger partial charge in [-0.05, 0) is 49.6 Å². The van der Waals surface area contributed by atoms with Crippen molar-refractivity contribution in [3.8, 4) is 22.8 Å². The normalized spacial score (nSPS) is 17.2. The van der Waals surface area contributed by atoms with Gasteiger partial charge in [-0.2, -0.15) is 0 Å².